The number of piperidine rings is 1. The van der Waals surface area contributed by atoms with E-state index in [2.05, 4.69) is 5.32 Å². The van der Waals surface area contributed by atoms with Crippen molar-refractivity contribution < 1.29 is 9.90 Å². The number of nitrogens with zero attached hydrogens (tertiary/aromatic N) is 1. The molecule has 114 valence electrons. The summed E-state index contributed by atoms with van der Waals surface area (Å²) < 4.78 is 0. The predicted molar refractivity (Wildman–Crippen MR) is 82.5 cm³/mol. The number of rotatable bonds is 2. The zero-order valence-corrected chi connectivity index (χ0v) is 12.6. The molecule has 21 heavy (non-hydrogen) atoms. The number of carbonyl (C=O) groups is 1. The molecule has 2 aliphatic heterocycles. The SMILES string of the molecule is Cc1ccc(C(=O)N2CCCC2C2CCNCC2)cc1O. The van der Waals surface area contributed by atoms with E-state index in [-0.39, 0.29) is 11.7 Å². The molecule has 0 aromatic heterocycles. The van der Waals surface area contributed by atoms with Crippen LogP contribution in [0.5, 0.6) is 5.75 Å². The highest BCUT2D eigenvalue weighted by Crippen LogP contribution is 2.31. The van der Waals surface area contributed by atoms with E-state index in [4.69, 9.17) is 0 Å². The Labute approximate surface area is 126 Å². The molecule has 0 radical (unpaired) electrons. The van der Waals surface area contributed by atoms with Crippen molar-refractivity contribution in [1.82, 2.24) is 10.2 Å². The fourth-order valence-electron chi connectivity index (χ4n) is 3.67. The first kappa shape index (κ1) is 14.4. The summed E-state index contributed by atoms with van der Waals surface area (Å²) in [6.45, 7) is 4.82. The van der Waals surface area contributed by atoms with Gasteiger partial charge in [-0.1, -0.05) is 6.07 Å². The molecule has 2 N–H and O–H groups in total. The molecule has 2 fully saturated rings. The van der Waals surface area contributed by atoms with E-state index in [0.29, 0.717) is 17.5 Å². The molecule has 3 rings (SSSR count). The second-order valence-corrected chi connectivity index (χ2v) is 6.30. The standard InChI is InChI=1S/C17H24N2O2/c1-12-4-5-14(11-16(12)20)17(21)19-10-2-3-15(19)13-6-8-18-9-7-13/h4-5,11,13,15,18,20H,2-3,6-10H2,1H3. The quantitative estimate of drug-likeness (QED) is 0.878. The Morgan fingerprint density at radius 2 is 2.05 bits per heavy atom. The summed E-state index contributed by atoms with van der Waals surface area (Å²) in [6.07, 6.45) is 4.54. The minimum atomic E-state index is 0.0753. The summed E-state index contributed by atoms with van der Waals surface area (Å²) >= 11 is 0. The number of nitrogens with one attached hydrogen (secondary N) is 1. The Balaban J connectivity index is 1.77. The monoisotopic (exact) mass is 288 g/mol. The maximum Gasteiger partial charge on any atom is 0.254 e. The molecule has 1 atom stereocenters. The lowest BCUT2D eigenvalue weighted by Crippen LogP contribution is -2.43. The van der Waals surface area contributed by atoms with Gasteiger partial charge in [-0.3, -0.25) is 4.79 Å². The van der Waals surface area contributed by atoms with Crippen molar-refractivity contribution in [2.75, 3.05) is 19.6 Å². The van der Waals surface area contributed by atoms with Crippen LogP contribution >= 0.6 is 0 Å². The average molecular weight is 288 g/mol. The molecule has 0 bridgehead atoms. The van der Waals surface area contributed by atoms with E-state index in [9.17, 15) is 9.90 Å². The van der Waals surface area contributed by atoms with Gasteiger partial charge in [0, 0.05) is 18.2 Å². The van der Waals surface area contributed by atoms with E-state index in [1.807, 2.05) is 24.0 Å². The molecule has 2 heterocycles. The highest BCUT2D eigenvalue weighted by Gasteiger charge is 2.35. The molecule has 2 aliphatic rings. The van der Waals surface area contributed by atoms with Crippen LogP contribution in [0, 0.1) is 12.8 Å². The zero-order chi connectivity index (χ0) is 14.8. The van der Waals surface area contributed by atoms with Crippen LogP contribution in [0.2, 0.25) is 0 Å². The van der Waals surface area contributed by atoms with Gasteiger partial charge in [0.05, 0.1) is 0 Å². The molecule has 4 heteroatoms. The van der Waals surface area contributed by atoms with Crippen LogP contribution in [-0.4, -0.2) is 41.6 Å². The molecular formula is C17H24N2O2. The molecular weight excluding hydrogens is 264 g/mol. The molecule has 4 nitrogen and oxygen atoms in total. The lowest BCUT2D eigenvalue weighted by atomic mass is 9.88. The average Bonchev–Trinajstić information content (AvgIpc) is 2.99. The Kier molecular flexibility index (Phi) is 4.15. The minimum Gasteiger partial charge on any atom is -0.508 e. The normalized spacial score (nSPS) is 23.5. The molecule has 2 saturated heterocycles. The lowest BCUT2D eigenvalue weighted by molar-refractivity contribution is 0.0666. The summed E-state index contributed by atoms with van der Waals surface area (Å²) in [4.78, 5) is 14.8. The number of aromatic hydroxyl groups is 1. The number of carbonyl (C=O) groups excluding carboxylic acids is 1. The number of phenolic OH excluding ortho intramolecular Hbond substituents is 1. The van der Waals surface area contributed by atoms with Crippen LogP contribution in [0.3, 0.4) is 0 Å². The van der Waals surface area contributed by atoms with Crippen LogP contribution in [0.15, 0.2) is 18.2 Å². The first-order chi connectivity index (χ1) is 10.2. The van der Waals surface area contributed by atoms with E-state index < -0.39 is 0 Å². The Morgan fingerprint density at radius 1 is 1.29 bits per heavy atom. The molecule has 0 aliphatic carbocycles. The molecule has 0 spiro atoms. The van der Waals surface area contributed by atoms with Crippen LogP contribution in [-0.2, 0) is 0 Å². The predicted octanol–water partition coefficient (Wildman–Crippen LogP) is 2.30. The number of amides is 1. The fourth-order valence-corrected chi connectivity index (χ4v) is 3.67. The van der Waals surface area contributed by atoms with Gasteiger partial charge in [-0.25, -0.2) is 0 Å². The van der Waals surface area contributed by atoms with Crippen molar-refractivity contribution >= 4 is 5.91 Å². The third kappa shape index (κ3) is 2.91. The van der Waals surface area contributed by atoms with Gasteiger partial charge in [-0.15, -0.1) is 0 Å². The van der Waals surface area contributed by atoms with E-state index in [1.165, 1.54) is 0 Å². The lowest BCUT2D eigenvalue weighted by Gasteiger charge is -2.34. The highest BCUT2D eigenvalue weighted by atomic mass is 16.3. The summed E-state index contributed by atoms with van der Waals surface area (Å²) in [5.74, 6) is 0.904. The van der Waals surface area contributed by atoms with Crippen molar-refractivity contribution in [2.24, 2.45) is 5.92 Å². The second kappa shape index (κ2) is 6.06. The van der Waals surface area contributed by atoms with Crippen molar-refractivity contribution in [1.29, 1.82) is 0 Å². The van der Waals surface area contributed by atoms with Gasteiger partial charge in [0.1, 0.15) is 5.75 Å². The Hall–Kier alpha value is -1.55. The van der Waals surface area contributed by atoms with Crippen LogP contribution in [0.1, 0.15) is 41.6 Å². The zero-order valence-electron chi connectivity index (χ0n) is 12.6. The third-order valence-corrected chi connectivity index (χ3v) is 4.94. The number of aryl methyl sites for hydroxylation is 1. The molecule has 0 saturated carbocycles. The van der Waals surface area contributed by atoms with Gasteiger partial charge in [-0.05, 0) is 69.3 Å². The summed E-state index contributed by atoms with van der Waals surface area (Å²) in [6, 6.07) is 5.63. The second-order valence-electron chi connectivity index (χ2n) is 6.30. The smallest absolute Gasteiger partial charge is 0.254 e. The van der Waals surface area contributed by atoms with Gasteiger partial charge in [0.15, 0.2) is 0 Å². The summed E-state index contributed by atoms with van der Waals surface area (Å²) in [5.41, 5.74) is 1.42. The summed E-state index contributed by atoms with van der Waals surface area (Å²) in [5, 5.41) is 13.2. The van der Waals surface area contributed by atoms with Gasteiger partial charge in [-0.2, -0.15) is 0 Å². The Bertz CT molecular complexity index is 524. The number of hydrogen-bond donors (Lipinski definition) is 2. The number of likely N-dealkylation sites (tertiary alicyclic amines) is 1. The van der Waals surface area contributed by atoms with E-state index in [0.717, 1.165) is 50.9 Å². The topological polar surface area (TPSA) is 52.6 Å². The molecule has 1 aromatic rings. The van der Waals surface area contributed by atoms with Crippen molar-refractivity contribution in [3.8, 4) is 5.75 Å². The fraction of sp³-hybridized carbons (Fsp3) is 0.588. The first-order valence-corrected chi connectivity index (χ1v) is 7.98. The first-order valence-electron chi connectivity index (χ1n) is 7.98. The van der Waals surface area contributed by atoms with Crippen molar-refractivity contribution in [3.63, 3.8) is 0 Å². The number of hydrogen-bond acceptors (Lipinski definition) is 3. The number of phenols is 1. The van der Waals surface area contributed by atoms with Crippen LogP contribution in [0.4, 0.5) is 0 Å². The van der Waals surface area contributed by atoms with Crippen molar-refractivity contribution in [2.45, 2.75) is 38.6 Å². The largest absolute Gasteiger partial charge is 0.508 e. The molecule has 1 aromatic carbocycles. The van der Waals surface area contributed by atoms with Crippen LogP contribution in [0.25, 0.3) is 0 Å². The van der Waals surface area contributed by atoms with E-state index in [1.54, 1.807) is 6.07 Å². The third-order valence-electron chi connectivity index (χ3n) is 4.94. The van der Waals surface area contributed by atoms with E-state index >= 15 is 0 Å². The van der Waals surface area contributed by atoms with Gasteiger partial charge < -0.3 is 15.3 Å². The Morgan fingerprint density at radius 3 is 2.76 bits per heavy atom. The summed E-state index contributed by atoms with van der Waals surface area (Å²) in [7, 11) is 0. The van der Waals surface area contributed by atoms with Gasteiger partial charge in [0.2, 0.25) is 0 Å². The van der Waals surface area contributed by atoms with Gasteiger partial charge >= 0.3 is 0 Å². The maximum absolute atomic E-state index is 12.8. The minimum absolute atomic E-state index is 0.0753. The maximum atomic E-state index is 12.8. The van der Waals surface area contributed by atoms with Crippen LogP contribution < -0.4 is 5.32 Å². The van der Waals surface area contributed by atoms with Crippen molar-refractivity contribution in [3.05, 3.63) is 29.3 Å². The molecule has 1 unspecified atom stereocenters. The highest BCUT2D eigenvalue weighted by molar-refractivity contribution is 5.95. The number of benzene rings is 1. The molecule has 1 amide bonds. The van der Waals surface area contributed by atoms with Gasteiger partial charge in [0.25, 0.3) is 5.91 Å².